The number of allylic oxidation sites excluding steroid dienone is 2. The molecule has 35 heavy (non-hydrogen) atoms. The maximum atomic E-state index is 10.6. The number of unbranched alkanes of at least 4 members (excludes halogenated alkanes) is 2. The Hall–Kier alpha value is -2.69. The number of aliphatic hydroxyl groups excluding tert-OH is 1. The fourth-order valence-electron chi connectivity index (χ4n) is 3.98. The number of aliphatic hydroxyl groups is 1. The molecule has 1 amide bonds. The molecule has 1 fully saturated rings. The molecule has 1 saturated heterocycles. The zero-order chi connectivity index (χ0) is 25.7. The van der Waals surface area contributed by atoms with Gasteiger partial charge >= 0.3 is 0 Å². The van der Waals surface area contributed by atoms with Crippen LogP contribution in [0.15, 0.2) is 67.3 Å². The van der Waals surface area contributed by atoms with Gasteiger partial charge in [0, 0.05) is 13.5 Å². The van der Waals surface area contributed by atoms with Gasteiger partial charge < -0.3 is 15.7 Å². The van der Waals surface area contributed by atoms with E-state index < -0.39 is 0 Å². The Kier molecular flexibility index (Phi) is 17.0. The van der Waals surface area contributed by atoms with Crippen LogP contribution < -0.4 is 5.73 Å². The lowest BCUT2D eigenvalue weighted by Gasteiger charge is -2.12. The average molecular weight is 479 g/mol. The normalized spacial score (nSPS) is 13.0. The van der Waals surface area contributed by atoms with Crippen LogP contribution in [0.3, 0.4) is 0 Å². The quantitative estimate of drug-likeness (QED) is 0.343. The monoisotopic (exact) mass is 478 g/mol. The first-order chi connectivity index (χ1) is 17.1. The fraction of sp³-hybridized carbons (Fsp3) is 0.452. The van der Waals surface area contributed by atoms with Crippen LogP contribution in [0.5, 0.6) is 0 Å². The predicted octanol–water partition coefficient (Wildman–Crippen LogP) is 6.49. The highest BCUT2D eigenvalue weighted by Gasteiger charge is 2.09. The summed E-state index contributed by atoms with van der Waals surface area (Å²) in [5.74, 6) is -0.220. The van der Waals surface area contributed by atoms with Crippen molar-refractivity contribution in [1.29, 1.82) is 0 Å². The third kappa shape index (κ3) is 14.3. The second-order valence-electron chi connectivity index (χ2n) is 8.83. The highest BCUT2D eigenvalue weighted by molar-refractivity contribution is 5.73. The minimum absolute atomic E-state index is 0.220. The molecule has 3 rings (SSSR count). The van der Waals surface area contributed by atoms with Crippen molar-refractivity contribution in [3.05, 3.63) is 83.9 Å². The molecule has 2 aromatic rings. The van der Waals surface area contributed by atoms with Gasteiger partial charge in [0.15, 0.2) is 0 Å². The number of nitrogens with two attached hydrogens (primary N) is 1. The summed E-state index contributed by atoms with van der Waals surface area (Å²) in [5, 5.41) is 7.00. The largest absolute Gasteiger partial charge is 0.400 e. The molecule has 0 aliphatic carbocycles. The minimum atomic E-state index is -0.220. The van der Waals surface area contributed by atoms with Crippen molar-refractivity contribution in [2.45, 2.75) is 64.7 Å². The van der Waals surface area contributed by atoms with Crippen LogP contribution in [0.25, 0.3) is 11.6 Å². The third-order valence-corrected chi connectivity index (χ3v) is 6.08. The van der Waals surface area contributed by atoms with E-state index in [-0.39, 0.29) is 5.91 Å². The van der Waals surface area contributed by atoms with E-state index in [1.807, 2.05) is 0 Å². The Morgan fingerprint density at radius 3 is 2.20 bits per heavy atom. The molecular weight excluding hydrogens is 432 g/mol. The Morgan fingerprint density at radius 1 is 0.971 bits per heavy atom. The smallest absolute Gasteiger partial charge is 0.217 e. The number of likely N-dealkylation sites (tertiary alicyclic amines) is 1. The van der Waals surface area contributed by atoms with Crippen molar-refractivity contribution in [3.8, 4) is 0 Å². The van der Waals surface area contributed by atoms with Gasteiger partial charge in [0.25, 0.3) is 0 Å². The Balaban J connectivity index is 0.000000327. The summed E-state index contributed by atoms with van der Waals surface area (Å²) in [7, 11) is 1.00. The second kappa shape index (κ2) is 19.6. The van der Waals surface area contributed by atoms with Gasteiger partial charge in [0.2, 0.25) is 5.91 Å². The summed E-state index contributed by atoms with van der Waals surface area (Å²) in [5.41, 5.74) is 10.1. The van der Waals surface area contributed by atoms with E-state index in [1.165, 1.54) is 62.0 Å². The number of aryl methyl sites for hydroxylation is 1. The first kappa shape index (κ1) is 30.3. The maximum absolute atomic E-state index is 10.6. The molecule has 1 aliphatic rings. The lowest BCUT2D eigenvalue weighted by molar-refractivity contribution is -0.118. The van der Waals surface area contributed by atoms with Gasteiger partial charge in [-0.2, -0.15) is 0 Å². The van der Waals surface area contributed by atoms with Crippen LogP contribution >= 0.6 is 0 Å². The van der Waals surface area contributed by atoms with E-state index in [0.29, 0.717) is 6.42 Å². The van der Waals surface area contributed by atoms with Crippen LogP contribution in [0, 0.1) is 0 Å². The highest BCUT2D eigenvalue weighted by atomic mass is 16.2. The van der Waals surface area contributed by atoms with Gasteiger partial charge in [0.05, 0.1) is 0 Å². The number of benzene rings is 2. The lowest BCUT2D eigenvalue weighted by atomic mass is 9.99. The summed E-state index contributed by atoms with van der Waals surface area (Å²) in [6.07, 6.45) is 14.1. The van der Waals surface area contributed by atoms with Crippen molar-refractivity contribution in [3.63, 3.8) is 0 Å². The Bertz CT molecular complexity index is 838. The molecular formula is C31H46N2O2. The van der Waals surface area contributed by atoms with E-state index in [0.717, 1.165) is 38.4 Å². The van der Waals surface area contributed by atoms with Crippen molar-refractivity contribution in [1.82, 2.24) is 4.90 Å². The molecule has 192 valence electrons. The van der Waals surface area contributed by atoms with Crippen molar-refractivity contribution >= 4 is 17.6 Å². The number of amides is 1. The summed E-state index contributed by atoms with van der Waals surface area (Å²) in [4.78, 5) is 13.2. The third-order valence-electron chi connectivity index (χ3n) is 6.08. The first-order valence-corrected chi connectivity index (χ1v) is 13.0. The minimum Gasteiger partial charge on any atom is -0.400 e. The van der Waals surface area contributed by atoms with E-state index in [9.17, 15) is 4.79 Å². The molecule has 4 heteroatoms. The summed E-state index contributed by atoms with van der Waals surface area (Å²) >= 11 is 0. The van der Waals surface area contributed by atoms with Crippen LogP contribution in [-0.4, -0.2) is 42.7 Å². The lowest BCUT2D eigenvalue weighted by Crippen LogP contribution is -2.19. The van der Waals surface area contributed by atoms with Gasteiger partial charge in [-0.05, 0) is 93.3 Å². The standard InChI is InChI=1S/C15H21NO.C15H21N.CH4O/c1-3-13-8-10-14(11-9-13)12(2)6-4-5-7-15(16)17;1-3-9-15(10-4-1)11-5-2-6-12-16-13-7-8-14-16;1-2/h8-11H,2-7H2,1H3,(H2,16,17);1,3-5,9-11H,2,6-8,12-14H2;2H,1H3/b;11-5+;. The summed E-state index contributed by atoms with van der Waals surface area (Å²) in [6, 6.07) is 19.1. The Labute approximate surface area is 213 Å². The molecule has 0 atom stereocenters. The molecule has 0 aromatic heterocycles. The molecule has 0 saturated carbocycles. The van der Waals surface area contributed by atoms with Crippen LogP contribution in [0.2, 0.25) is 0 Å². The topological polar surface area (TPSA) is 66.6 Å². The molecule has 0 spiro atoms. The number of hydrogen-bond donors (Lipinski definition) is 2. The predicted molar refractivity (Wildman–Crippen MR) is 151 cm³/mol. The maximum Gasteiger partial charge on any atom is 0.217 e. The molecule has 0 radical (unpaired) electrons. The van der Waals surface area contributed by atoms with Gasteiger partial charge in [-0.25, -0.2) is 0 Å². The highest BCUT2D eigenvalue weighted by Crippen LogP contribution is 2.20. The van der Waals surface area contributed by atoms with Gasteiger partial charge in [-0.15, -0.1) is 0 Å². The fourth-order valence-corrected chi connectivity index (χ4v) is 3.98. The van der Waals surface area contributed by atoms with E-state index in [4.69, 9.17) is 10.8 Å². The Morgan fingerprint density at radius 2 is 1.60 bits per heavy atom. The number of hydrogen-bond acceptors (Lipinski definition) is 3. The molecule has 1 heterocycles. The molecule has 0 unspecified atom stereocenters. The van der Waals surface area contributed by atoms with E-state index in [2.05, 4.69) is 85.2 Å². The zero-order valence-electron chi connectivity index (χ0n) is 21.9. The second-order valence-corrected chi connectivity index (χ2v) is 8.83. The van der Waals surface area contributed by atoms with Gasteiger partial charge in [-0.1, -0.05) is 80.3 Å². The van der Waals surface area contributed by atoms with Crippen molar-refractivity contribution in [2.24, 2.45) is 5.73 Å². The summed E-state index contributed by atoms with van der Waals surface area (Å²) in [6.45, 7) is 10.1. The van der Waals surface area contributed by atoms with E-state index in [1.54, 1.807) is 0 Å². The van der Waals surface area contributed by atoms with Crippen LogP contribution in [0.4, 0.5) is 0 Å². The van der Waals surface area contributed by atoms with Gasteiger partial charge in [-0.3, -0.25) is 4.79 Å². The molecule has 4 nitrogen and oxygen atoms in total. The zero-order valence-corrected chi connectivity index (χ0v) is 21.9. The number of primary amides is 1. The number of carbonyl (C=O) groups excluding carboxylic acids is 1. The van der Waals surface area contributed by atoms with Crippen molar-refractivity contribution in [2.75, 3.05) is 26.7 Å². The molecule has 3 N–H and O–H groups in total. The van der Waals surface area contributed by atoms with Crippen LogP contribution in [0.1, 0.15) is 75.0 Å². The number of carbonyl (C=O) groups is 1. The van der Waals surface area contributed by atoms with Crippen molar-refractivity contribution < 1.29 is 9.90 Å². The van der Waals surface area contributed by atoms with Gasteiger partial charge in [0.1, 0.15) is 0 Å². The number of rotatable bonds is 12. The van der Waals surface area contributed by atoms with Crippen LogP contribution in [-0.2, 0) is 11.2 Å². The SMILES string of the molecule is C(=C\c1ccccc1)/CCCN1CCCC1.C=C(CCCCC(N)=O)c1ccc(CC)cc1.CO. The summed E-state index contributed by atoms with van der Waals surface area (Å²) < 4.78 is 0. The first-order valence-electron chi connectivity index (χ1n) is 13.0. The average Bonchev–Trinajstić information content (AvgIpc) is 3.42. The number of nitrogens with zero attached hydrogens (tertiary/aromatic N) is 1. The molecule has 2 aromatic carbocycles. The van der Waals surface area contributed by atoms with E-state index >= 15 is 0 Å². The molecule has 0 bridgehead atoms. The molecule has 1 aliphatic heterocycles.